The van der Waals surface area contributed by atoms with Crippen LogP contribution in [0.1, 0.15) is 32.8 Å². The average molecular weight is 423 g/mol. The molecule has 1 amide bonds. The molecular weight excluding hydrogens is 396 g/mol. The number of nitrogens with zero attached hydrogens (tertiary/aromatic N) is 1. The summed E-state index contributed by atoms with van der Waals surface area (Å²) in [5, 5.41) is 5.30. The summed E-state index contributed by atoms with van der Waals surface area (Å²) in [6.07, 6.45) is 4.37. The Morgan fingerprint density at radius 1 is 1.10 bits per heavy atom. The van der Waals surface area contributed by atoms with Gasteiger partial charge < -0.3 is 9.47 Å². The number of anilines is 1. The van der Waals surface area contributed by atoms with Crippen LogP contribution in [0.4, 0.5) is 5.13 Å². The van der Waals surface area contributed by atoms with E-state index in [0.29, 0.717) is 11.7 Å². The minimum Gasteiger partial charge on any atom is -0.494 e. The van der Waals surface area contributed by atoms with Crippen LogP contribution in [-0.4, -0.2) is 23.6 Å². The molecular formula is C24H26N2O3S. The van der Waals surface area contributed by atoms with Gasteiger partial charge in [0.15, 0.2) is 5.13 Å². The Labute approximate surface area is 181 Å². The fourth-order valence-corrected chi connectivity index (χ4v) is 3.38. The van der Waals surface area contributed by atoms with Crippen molar-refractivity contribution in [3.8, 4) is 22.8 Å². The summed E-state index contributed by atoms with van der Waals surface area (Å²) in [6, 6.07) is 15.4. The van der Waals surface area contributed by atoms with Gasteiger partial charge in [-0.25, -0.2) is 4.98 Å². The SMILES string of the molecule is CCCOc1ccc(C=CC(=O)Nc2nc(-c3ccc(OC(C)C)cc3)cs2)cc1. The van der Waals surface area contributed by atoms with Crippen molar-refractivity contribution in [2.45, 2.75) is 33.3 Å². The molecule has 0 aliphatic carbocycles. The van der Waals surface area contributed by atoms with Crippen LogP contribution >= 0.6 is 11.3 Å². The Bertz CT molecular complexity index is 976. The number of hydrogen-bond acceptors (Lipinski definition) is 5. The summed E-state index contributed by atoms with van der Waals surface area (Å²) in [4.78, 5) is 16.7. The monoisotopic (exact) mass is 422 g/mol. The first-order valence-corrected chi connectivity index (χ1v) is 10.9. The standard InChI is InChI=1S/C24H26N2O3S/c1-4-15-28-20-10-5-18(6-11-20)7-14-23(27)26-24-25-22(16-30-24)19-8-12-21(13-9-19)29-17(2)3/h5-14,16-17H,4,15H2,1-3H3,(H,25,26,27). The third kappa shape index (κ3) is 6.46. The lowest BCUT2D eigenvalue weighted by atomic mass is 10.2. The Balaban J connectivity index is 1.56. The Morgan fingerprint density at radius 2 is 1.80 bits per heavy atom. The van der Waals surface area contributed by atoms with Crippen LogP contribution in [0, 0.1) is 0 Å². The molecule has 6 heteroatoms. The van der Waals surface area contributed by atoms with Gasteiger partial charge in [0.2, 0.25) is 5.91 Å². The lowest BCUT2D eigenvalue weighted by molar-refractivity contribution is -0.111. The maximum atomic E-state index is 12.2. The van der Waals surface area contributed by atoms with E-state index in [-0.39, 0.29) is 12.0 Å². The molecule has 0 unspecified atom stereocenters. The lowest BCUT2D eigenvalue weighted by Crippen LogP contribution is -2.07. The largest absolute Gasteiger partial charge is 0.494 e. The topological polar surface area (TPSA) is 60.5 Å². The van der Waals surface area contributed by atoms with Crippen molar-refractivity contribution < 1.29 is 14.3 Å². The van der Waals surface area contributed by atoms with Crippen molar-refractivity contribution in [3.63, 3.8) is 0 Å². The molecule has 30 heavy (non-hydrogen) atoms. The Hall–Kier alpha value is -3.12. The fourth-order valence-electron chi connectivity index (χ4n) is 2.65. The predicted molar refractivity (Wildman–Crippen MR) is 123 cm³/mol. The summed E-state index contributed by atoms with van der Waals surface area (Å²) in [5.41, 5.74) is 2.72. The first-order chi connectivity index (χ1) is 14.5. The molecule has 2 aromatic carbocycles. The Morgan fingerprint density at radius 3 is 2.47 bits per heavy atom. The minimum absolute atomic E-state index is 0.136. The number of carbonyl (C=O) groups is 1. The van der Waals surface area contributed by atoms with Crippen molar-refractivity contribution in [2.24, 2.45) is 0 Å². The zero-order chi connectivity index (χ0) is 21.3. The predicted octanol–water partition coefficient (Wildman–Crippen LogP) is 6.04. The summed E-state index contributed by atoms with van der Waals surface area (Å²) in [6.45, 7) is 6.76. The van der Waals surface area contributed by atoms with Crippen LogP contribution in [0.15, 0.2) is 60.0 Å². The number of carbonyl (C=O) groups excluding carboxylic acids is 1. The number of nitrogens with one attached hydrogen (secondary N) is 1. The van der Waals surface area contributed by atoms with E-state index in [1.165, 1.54) is 17.4 Å². The maximum Gasteiger partial charge on any atom is 0.250 e. The second-order valence-electron chi connectivity index (χ2n) is 6.97. The highest BCUT2D eigenvalue weighted by Gasteiger charge is 2.07. The third-order valence-corrected chi connectivity index (χ3v) is 4.79. The van der Waals surface area contributed by atoms with E-state index in [4.69, 9.17) is 9.47 Å². The van der Waals surface area contributed by atoms with Gasteiger partial charge in [-0.3, -0.25) is 10.1 Å². The molecule has 0 spiro atoms. The Kier molecular flexibility index (Phi) is 7.63. The molecule has 156 valence electrons. The molecule has 5 nitrogen and oxygen atoms in total. The van der Waals surface area contributed by atoms with E-state index < -0.39 is 0 Å². The molecule has 0 aliphatic rings. The van der Waals surface area contributed by atoms with E-state index in [0.717, 1.165) is 34.7 Å². The second-order valence-corrected chi connectivity index (χ2v) is 7.83. The molecule has 0 fully saturated rings. The van der Waals surface area contributed by atoms with Gasteiger partial charge in [-0.1, -0.05) is 19.1 Å². The van der Waals surface area contributed by atoms with E-state index >= 15 is 0 Å². The van der Waals surface area contributed by atoms with Crippen LogP contribution in [0.2, 0.25) is 0 Å². The van der Waals surface area contributed by atoms with Gasteiger partial charge in [0.25, 0.3) is 0 Å². The number of benzene rings is 2. The summed E-state index contributed by atoms with van der Waals surface area (Å²) in [5.74, 6) is 1.44. The number of aromatic nitrogens is 1. The maximum absolute atomic E-state index is 12.2. The molecule has 0 radical (unpaired) electrons. The number of rotatable bonds is 9. The third-order valence-electron chi connectivity index (χ3n) is 4.04. The van der Waals surface area contributed by atoms with Crippen molar-refractivity contribution in [1.82, 2.24) is 4.98 Å². The van der Waals surface area contributed by atoms with E-state index in [1.807, 2.05) is 67.8 Å². The highest BCUT2D eigenvalue weighted by atomic mass is 32.1. The molecule has 1 N–H and O–H groups in total. The smallest absolute Gasteiger partial charge is 0.250 e. The molecule has 0 aliphatic heterocycles. The number of thiazole rings is 1. The molecule has 0 atom stereocenters. The van der Waals surface area contributed by atoms with E-state index in [9.17, 15) is 4.79 Å². The van der Waals surface area contributed by atoms with Gasteiger partial charge in [0.05, 0.1) is 18.4 Å². The minimum atomic E-state index is -0.220. The zero-order valence-corrected chi connectivity index (χ0v) is 18.2. The van der Waals surface area contributed by atoms with Crippen molar-refractivity contribution >= 4 is 28.5 Å². The number of amides is 1. The second kappa shape index (κ2) is 10.6. The fraction of sp³-hybridized carbons (Fsp3) is 0.250. The van der Waals surface area contributed by atoms with Crippen molar-refractivity contribution in [3.05, 3.63) is 65.6 Å². The highest BCUT2D eigenvalue weighted by molar-refractivity contribution is 7.14. The number of ether oxygens (including phenoxy) is 2. The zero-order valence-electron chi connectivity index (χ0n) is 17.4. The molecule has 0 saturated carbocycles. The van der Waals surface area contributed by atoms with Gasteiger partial charge >= 0.3 is 0 Å². The normalized spacial score (nSPS) is 11.1. The number of hydrogen-bond donors (Lipinski definition) is 1. The van der Waals surface area contributed by atoms with Gasteiger partial charge in [0.1, 0.15) is 11.5 Å². The summed E-state index contributed by atoms with van der Waals surface area (Å²) in [7, 11) is 0. The van der Waals surface area contributed by atoms with E-state index in [2.05, 4.69) is 17.2 Å². The summed E-state index contributed by atoms with van der Waals surface area (Å²) >= 11 is 1.39. The molecule has 0 bridgehead atoms. The van der Waals surface area contributed by atoms with Gasteiger partial charge in [0, 0.05) is 17.0 Å². The molecule has 0 saturated heterocycles. The lowest BCUT2D eigenvalue weighted by Gasteiger charge is -2.09. The van der Waals surface area contributed by atoms with E-state index in [1.54, 1.807) is 6.08 Å². The van der Waals surface area contributed by atoms with Crippen LogP contribution in [-0.2, 0) is 4.79 Å². The highest BCUT2D eigenvalue weighted by Crippen LogP contribution is 2.27. The first kappa shape index (κ1) is 21.6. The quantitative estimate of drug-likeness (QED) is 0.427. The van der Waals surface area contributed by atoms with Gasteiger partial charge in [-0.05, 0) is 68.3 Å². The van der Waals surface area contributed by atoms with Crippen LogP contribution < -0.4 is 14.8 Å². The summed E-state index contributed by atoms with van der Waals surface area (Å²) < 4.78 is 11.2. The molecule has 3 aromatic rings. The van der Waals surface area contributed by atoms with Crippen LogP contribution in [0.5, 0.6) is 11.5 Å². The van der Waals surface area contributed by atoms with Crippen LogP contribution in [0.25, 0.3) is 17.3 Å². The first-order valence-electron chi connectivity index (χ1n) is 9.98. The average Bonchev–Trinajstić information content (AvgIpc) is 3.20. The van der Waals surface area contributed by atoms with Crippen molar-refractivity contribution in [1.29, 1.82) is 0 Å². The van der Waals surface area contributed by atoms with Crippen LogP contribution in [0.3, 0.4) is 0 Å². The molecule has 1 aromatic heterocycles. The van der Waals surface area contributed by atoms with Gasteiger partial charge in [-0.2, -0.15) is 0 Å². The molecule has 1 heterocycles. The van der Waals surface area contributed by atoms with Gasteiger partial charge in [-0.15, -0.1) is 11.3 Å². The van der Waals surface area contributed by atoms with Crippen molar-refractivity contribution in [2.75, 3.05) is 11.9 Å². The molecule has 3 rings (SSSR count).